The fraction of sp³-hybridized carbons (Fsp3) is 0.500. The van der Waals surface area contributed by atoms with E-state index in [0.717, 1.165) is 11.9 Å². The summed E-state index contributed by atoms with van der Waals surface area (Å²) in [5.41, 5.74) is 0.772. The van der Waals surface area contributed by atoms with E-state index in [0.29, 0.717) is 36.5 Å². The standard InChI is InChI=1S/C22H27N3O3/c1-14(2)19-13-24(10-9-21(27)25(19)12-15-7-8-15)22(28)17-11-20(26)23-18-6-4-3-5-16(17)18/h3-6,11,14-15,19H,7-10,12-13H2,1-2H3,(H,23,26)/t19-/m0/s1. The lowest BCUT2D eigenvalue weighted by molar-refractivity contribution is -0.133. The van der Waals surface area contributed by atoms with Crippen LogP contribution in [0.5, 0.6) is 0 Å². The molecule has 148 valence electrons. The van der Waals surface area contributed by atoms with Gasteiger partial charge in [-0.3, -0.25) is 14.4 Å². The van der Waals surface area contributed by atoms with Crippen LogP contribution < -0.4 is 5.56 Å². The maximum Gasteiger partial charge on any atom is 0.254 e. The molecule has 0 unspecified atom stereocenters. The molecule has 1 aliphatic carbocycles. The molecule has 0 radical (unpaired) electrons. The summed E-state index contributed by atoms with van der Waals surface area (Å²) < 4.78 is 0. The second-order valence-electron chi connectivity index (χ2n) is 8.39. The molecule has 1 aromatic carbocycles. The highest BCUT2D eigenvalue weighted by Crippen LogP contribution is 2.32. The van der Waals surface area contributed by atoms with Gasteiger partial charge in [0.2, 0.25) is 11.5 Å². The van der Waals surface area contributed by atoms with Crippen LogP contribution in [-0.2, 0) is 4.79 Å². The van der Waals surface area contributed by atoms with E-state index in [1.54, 1.807) is 11.0 Å². The SMILES string of the molecule is CC(C)[C@@H]1CN(C(=O)c2cc(=O)[nH]c3ccccc23)CCC(=O)N1CC1CC1. The number of para-hydroxylation sites is 1. The molecule has 4 rings (SSSR count). The zero-order valence-corrected chi connectivity index (χ0v) is 16.5. The summed E-state index contributed by atoms with van der Waals surface area (Å²) in [6.45, 7) is 5.92. The Bertz CT molecular complexity index is 961. The number of hydrogen-bond donors (Lipinski definition) is 1. The predicted octanol–water partition coefficient (Wildman–Crippen LogP) is 2.64. The highest BCUT2D eigenvalue weighted by atomic mass is 16.2. The monoisotopic (exact) mass is 381 g/mol. The fourth-order valence-corrected chi connectivity index (χ4v) is 4.10. The van der Waals surface area contributed by atoms with Crippen molar-refractivity contribution in [2.24, 2.45) is 11.8 Å². The number of aromatic amines is 1. The van der Waals surface area contributed by atoms with E-state index in [4.69, 9.17) is 0 Å². The van der Waals surface area contributed by atoms with Gasteiger partial charge in [-0.1, -0.05) is 32.0 Å². The van der Waals surface area contributed by atoms with Gasteiger partial charge in [0.05, 0.1) is 11.6 Å². The molecule has 0 spiro atoms. The van der Waals surface area contributed by atoms with Crippen molar-refractivity contribution in [1.82, 2.24) is 14.8 Å². The molecule has 2 heterocycles. The molecular formula is C22H27N3O3. The Labute approximate surface area is 164 Å². The molecule has 1 saturated carbocycles. The van der Waals surface area contributed by atoms with Gasteiger partial charge in [0, 0.05) is 43.0 Å². The molecule has 1 N–H and O–H groups in total. The van der Waals surface area contributed by atoms with Gasteiger partial charge in [-0.25, -0.2) is 0 Å². The zero-order chi connectivity index (χ0) is 19.8. The van der Waals surface area contributed by atoms with Crippen molar-refractivity contribution in [1.29, 1.82) is 0 Å². The molecule has 2 aromatic rings. The summed E-state index contributed by atoms with van der Waals surface area (Å²) in [4.78, 5) is 44.8. The third-order valence-corrected chi connectivity index (χ3v) is 5.91. The Kier molecular flexibility index (Phi) is 4.96. The smallest absolute Gasteiger partial charge is 0.254 e. The number of fused-ring (bicyclic) bond motifs is 1. The largest absolute Gasteiger partial charge is 0.337 e. The maximum atomic E-state index is 13.4. The van der Waals surface area contributed by atoms with Crippen LogP contribution in [0.25, 0.3) is 10.9 Å². The van der Waals surface area contributed by atoms with Crippen molar-refractivity contribution in [3.05, 3.63) is 46.2 Å². The minimum Gasteiger partial charge on any atom is -0.337 e. The van der Waals surface area contributed by atoms with Crippen molar-refractivity contribution >= 4 is 22.7 Å². The summed E-state index contributed by atoms with van der Waals surface area (Å²) in [6, 6.07) is 8.73. The Hall–Kier alpha value is -2.63. The molecule has 6 heteroatoms. The topological polar surface area (TPSA) is 73.5 Å². The van der Waals surface area contributed by atoms with E-state index in [-0.39, 0.29) is 29.3 Å². The van der Waals surface area contributed by atoms with Crippen LogP contribution in [0.3, 0.4) is 0 Å². The van der Waals surface area contributed by atoms with Crippen molar-refractivity contribution in [3.8, 4) is 0 Å². The molecule has 2 fully saturated rings. The molecular weight excluding hydrogens is 354 g/mol. The number of pyridine rings is 1. The number of carbonyl (C=O) groups excluding carboxylic acids is 2. The van der Waals surface area contributed by atoms with Gasteiger partial charge in [0.1, 0.15) is 0 Å². The summed E-state index contributed by atoms with van der Waals surface area (Å²) in [5, 5.41) is 0.735. The average Bonchev–Trinajstić information content (AvgIpc) is 3.50. The van der Waals surface area contributed by atoms with Crippen molar-refractivity contribution in [2.75, 3.05) is 19.6 Å². The molecule has 6 nitrogen and oxygen atoms in total. The van der Waals surface area contributed by atoms with E-state index < -0.39 is 0 Å². The van der Waals surface area contributed by atoms with Gasteiger partial charge in [0.15, 0.2) is 0 Å². The first-order valence-electron chi connectivity index (χ1n) is 10.1. The summed E-state index contributed by atoms with van der Waals surface area (Å²) in [7, 11) is 0. The Balaban J connectivity index is 1.66. The number of H-pyrrole nitrogens is 1. The quantitative estimate of drug-likeness (QED) is 0.885. The van der Waals surface area contributed by atoms with Gasteiger partial charge in [-0.2, -0.15) is 0 Å². The Morgan fingerprint density at radius 2 is 1.96 bits per heavy atom. The predicted molar refractivity (Wildman–Crippen MR) is 108 cm³/mol. The van der Waals surface area contributed by atoms with E-state index >= 15 is 0 Å². The van der Waals surface area contributed by atoms with Crippen molar-refractivity contribution < 1.29 is 9.59 Å². The van der Waals surface area contributed by atoms with Gasteiger partial charge < -0.3 is 14.8 Å². The van der Waals surface area contributed by atoms with Crippen LogP contribution in [0.1, 0.15) is 43.5 Å². The van der Waals surface area contributed by atoms with E-state index in [9.17, 15) is 14.4 Å². The molecule has 2 amide bonds. The Morgan fingerprint density at radius 3 is 2.68 bits per heavy atom. The number of benzene rings is 1. The second kappa shape index (κ2) is 7.41. The van der Waals surface area contributed by atoms with Crippen molar-refractivity contribution in [3.63, 3.8) is 0 Å². The molecule has 28 heavy (non-hydrogen) atoms. The first kappa shape index (κ1) is 18.7. The number of aromatic nitrogens is 1. The molecule has 2 aliphatic rings. The number of amides is 2. The van der Waals surface area contributed by atoms with E-state index in [1.165, 1.54) is 18.9 Å². The van der Waals surface area contributed by atoms with Gasteiger partial charge in [0.25, 0.3) is 5.91 Å². The van der Waals surface area contributed by atoms with E-state index in [1.807, 2.05) is 23.1 Å². The van der Waals surface area contributed by atoms with Gasteiger partial charge in [-0.15, -0.1) is 0 Å². The summed E-state index contributed by atoms with van der Waals surface area (Å²) in [5.74, 6) is 0.835. The minimum absolute atomic E-state index is 0.00723. The van der Waals surface area contributed by atoms with Crippen LogP contribution in [0, 0.1) is 11.8 Å². The lowest BCUT2D eigenvalue weighted by Crippen LogP contribution is -2.48. The van der Waals surface area contributed by atoms with Crippen molar-refractivity contribution in [2.45, 2.75) is 39.2 Å². The molecule has 0 bridgehead atoms. The first-order valence-corrected chi connectivity index (χ1v) is 10.1. The van der Waals surface area contributed by atoms with Crippen LogP contribution in [0.4, 0.5) is 0 Å². The second-order valence-corrected chi connectivity index (χ2v) is 8.39. The first-order chi connectivity index (χ1) is 13.4. The Morgan fingerprint density at radius 1 is 1.21 bits per heavy atom. The van der Waals surface area contributed by atoms with Crippen LogP contribution in [0.15, 0.2) is 35.1 Å². The van der Waals surface area contributed by atoms with Gasteiger partial charge >= 0.3 is 0 Å². The summed E-state index contributed by atoms with van der Waals surface area (Å²) >= 11 is 0. The van der Waals surface area contributed by atoms with Crippen LogP contribution in [-0.4, -0.2) is 52.3 Å². The molecule has 1 saturated heterocycles. The number of nitrogens with zero attached hydrogens (tertiary/aromatic N) is 2. The van der Waals surface area contributed by atoms with Crippen LogP contribution >= 0.6 is 0 Å². The highest BCUT2D eigenvalue weighted by Gasteiger charge is 2.37. The minimum atomic E-state index is -0.288. The number of rotatable bonds is 4. The maximum absolute atomic E-state index is 13.4. The number of hydrogen-bond acceptors (Lipinski definition) is 3. The van der Waals surface area contributed by atoms with Gasteiger partial charge in [-0.05, 0) is 30.7 Å². The third-order valence-electron chi connectivity index (χ3n) is 5.91. The highest BCUT2D eigenvalue weighted by molar-refractivity contribution is 6.06. The lowest BCUT2D eigenvalue weighted by Gasteiger charge is -2.35. The van der Waals surface area contributed by atoms with E-state index in [2.05, 4.69) is 18.8 Å². The lowest BCUT2D eigenvalue weighted by atomic mass is 10.0. The zero-order valence-electron chi connectivity index (χ0n) is 16.5. The molecule has 1 aliphatic heterocycles. The van der Waals surface area contributed by atoms with Crippen LogP contribution in [0.2, 0.25) is 0 Å². The average molecular weight is 381 g/mol. The molecule has 1 aromatic heterocycles. The number of nitrogens with one attached hydrogen (secondary N) is 1. The third kappa shape index (κ3) is 3.68. The fourth-order valence-electron chi connectivity index (χ4n) is 4.10. The normalized spacial score (nSPS) is 20.7. The molecule has 1 atom stereocenters. The number of carbonyl (C=O) groups is 2. The summed E-state index contributed by atoms with van der Waals surface area (Å²) in [6.07, 6.45) is 2.72.